The Kier molecular flexibility index (Phi) is 13.8. The van der Waals surface area contributed by atoms with Crippen LogP contribution in [0.5, 0.6) is 0 Å². The molecule has 3 fully saturated rings. The molecule has 19 nitrogen and oxygen atoms in total. The molecule has 1 aromatic carbocycles. The summed E-state index contributed by atoms with van der Waals surface area (Å²) in [6.45, 7) is 7.23. The number of nitrogens with one attached hydrogen (secondary N) is 6. The Bertz CT molecular complexity index is 2160. The van der Waals surface area contributed by atoms with Crippen molar-refractivity contribution in [1.82, 2.24) is 45.8 Å². The van der Waals surface area contributed by atoms with E-state index in [1.54, 1.807) is 6.92 Å². The highest BCUT2D eigenvalue weighted by Crippen LogP contribution is 2.31. The predicted octanol–water partition coefficient (Wildman–Crippen LogP) is 0.496. The number of ether oxygens (including phenoxy) is 1. The Morgan fingerprint density at radius 3 is 2.42 bits per heavy atom. The van der Waals surface area contributed by atoms with Gasteiger partial charge in [-0.05, 0) is 36.3 Å². The molecule has 0 unspecified atom stereocenters. The molecule has 326 valence electrons. The van der Waals surface area contributed by atoms with Gasteiger partial charge < -0.3 is 41.8 Å². The average molecular weight is 835 g/mol. The van der Waals surface area contributed by atoms with Gasteiger partial charge in [-0.3, -0.25) is 33.5 Å². The van der Waals surface area contributed by atoms with Crippen molar-refractivity contribution in [2.24, 2.45) is 17.1 Å². The molecule has 19 heteroatoms. The standard InChI is InChI=1S/C41H58N10O9/c1-23-34(37(57)50(51(23)33(54)19-42)21-26-18-31(52)38(60-26)49-15-14-32(53)47-40(49)59)48-36(56)29(16-24-10-6-5-7-11-24)45-39(58)46-30(35(55)44-22-41(2,3)4)17-25-20-43-28-13-9-8-12-27(25)28/h8-9,12-15,20,23-24,26,29-31,34,38,43,52H,5-7,10-11,16-19,21-22,42H2,1-4H3,(H,44,55)(H,48,56)(H2,45,46,58)(H,47,53,59)/t23-,26+,29-,30-,31+,34-,38+/m0/s1. The van der Waals surface area contributed by atoms with Gasteiger partial charge in [0.15, 0.2) is 6.23 Å². The third kappa shape index (κ3) is 10.4. The normalized spacial score (nSPS) is 23.4. The zero-order valence-electron chi connectivity index (χ0n) is 34.6. The van der Waals surface area contributed by atoms with E-state index in [9.17, 15) is 38.7 Å². The third-order valence-electron chi connectivity index (χ3n) is 11.5. The largest absolute Gasteiger partial charge is 0.388 e. The van der Waals surface area contributed by atoms with Gasteiger partial charge in [0.25, 0.3) is 17.4 Å². The number of rotatable bonds is 14. The van der Waals surface area contributed by atoms with Crippen molar-refractivity contribution < 1.29 is 33.8 Å². The van der Waals surface area contributed by atoms with Gasteiger partial charge >= 0.3 is 11.7 Å². The van der Waals surface area contributed by atoms with E-state index in [2.05, 4.69) is 31.2 Å². The quantitative estimate of drug-likeness (QED) is 0.111. The number of carbonyl (C=O) groups is 5. The molecular formula is C41H58N10O9. The molecule has 0 bridgehead atoms. The molecule has 4 heterocycles. The van der Waals surface area contributed by atoms with Gasteiger partial charge in [0.2, 0.25) is 11.8 Å². The average Bonchev–Trinajstić information content (AvgIpc) is 3.85. The van der Waals surface area contributed by atoms with E-state index in [0.717, 1.165) is 69.2 Å². The number of nitrogens with two attached hydrogens (primary N) is 1. The highest BCUT2D eigenvalue weighted by molar-refractivity contribution is 5.96. The lowest BCUT2D eigenvalue weighted by atomic mass is 9.84. The van der Waals surface area contributed by atoms with Crippen molar-refractivity contribution in [3.8, 4) is 0 Å². The van der Waals surface area contributed by atoms with Crippen molar-refractivity contribution in [2.75, 3.05) is 19.6 Å². The smallest absolute Gasteiger partial charge is 0.330 e. The number of hydrazine groups is 1. The van der Waals surface area contributed by atoms with Crippen LogP contribution in [0.25, 0.3) is 10.9 Å². The second kappa shape index (κ2) is 18.8. The third-order valence-corrected chi connectivity index (χ3v) is 11.5. The topological polar surface area (TPSA) is 266 Å². The Labute approximate surface area is 347 Å². The molecular weight excluding hydrogens is 777 g/mol. The monoisotopic (exact) mass is 834 g/mol. The van der Waals surface area contributed by atoms with Crippen molar-refractivity contribution in [3.05, 3.63) is 69.1 Å². The molecule has 2 aromatic heterocycles. The molecule has 3 aliphatic rings. The van der Waals surface area contributed by atoms with E-state index < -0.39 is 84.1 Å². The number of aromatic amines is 2. The summed E-state index contributed by atoms with van der Waals surface area (Å²) in [6, 6.07) is 3.78. The zero-order valence-corrected chi connectivity index (χ0v) is 34.6. The molecule has 9 N–H and O–H groups in total. The van der Waals surface area contributed by atoms with E-state index in [1.165, 1.54) is 6.20 Å². The molecule has 1 aliphatic carbocycles. The summed E-state index contributed by atoms with van der Waals surface area (Å²) in [7, 11) is 0. The van der Waals surface area contributed by atoms with Gasteiger partial charge in [-0.1, -0.05) is 71.1 Å². The minimum atomic E-state index is -1.24. The van der Waals surface area contributed by atoms with Crippen LogP contribution in [-0.2, 0) is 30.3 Å². The number of fused-ring (bicyclic) bond motifs is 1. The SMILES string of the molecule is C[C@H]1[C@H](NC(=O)[C@H](CC2CCCCC2)NC(=O)N[C@@H](Cc2c[nH]c3ccccc23)C(=O)NCC(C)(C)C)C(=O)N(C[C@H]2C[C@@H](O)[C@H](n3ccc(=O)[nH]c3=O)O2)N1C(=O)CN. The van der Waals surface area contributed by atoms with Gasteiger partial charge in [0, 0.05) is 48.7 Å². The maximum atomic E-state index is 14.3. The first-order chi connectivity index (χ1) is 28.5. The van der Waals surface area contributed by atoms with Gasteiger partial charge in [0.05, 0.1) is 25.2 Å². The summed E-state index contributed by atoms with van der Waals surface area (Å²) in [4.78, 5) is 98.5. The Balaban J connectivity index is 1.18. The Morgan fingerprint density at radius 2 is 1.72 bits per heavy atom. The summed E-state index contributed by atoms with van der Waals surface area (Å²) >= 11 is 0. The fraction of sp³-hybridized carbons (Fsp3) is 0.585. The molecule has 7 atom stereocenters. The number of aliphatic hydroxyl groups excluding tert-OH is 1. The number of para-hydroxylation sites is 1. The molecule has 3 aromatic rings. The minimum Gasteiger partial charge on any atom is -0.388 e. The molecule has 1 saturated carbocycles. The predicted molar refractivity (Wildman–Crippen MR) is 220 cm³/mol. The van der Waals surface area contributed by atoms with E-state index in [0.29, 0.717) is 6.54 Å². The van der Waals surface area contributed by atoms with E-state index >= 15 is 0 Å². The fourth-order valence-corrected chi connectivity index (χ4v) is 8.37. The number of benzene rings is 1. The van der Waals surface area contributed by atoms with Crippen LogP contribution in [0, 0.1) is 11.3 Å². The van der Waals surface area contributed by atoms with Crippen molar-refractivity contribution in [1.29, 1.82) is 0 Å². The van der Waals surface area contributed by atoms with Gasteiger partial charge in [-0.25, -0.2) is 19.6 Å². The number of urea groups is 1. The van der Waals surface area contributed by atoms with Crippen molar-refractivity contribution in [2.45, 2.75) is 122 Å². The Morgan fingerprint density at radius 1 is 1.00 bits per heavy atom. The maximum Gasteiger partial charge on any atom is 0.330 e. The molecule has 2 aliphatic heterocycles. The molecule has 0 radical (unpaired) electrons. The van der Waals surface area contributed by atoms with Gasteiger partial charge in [-0.15, -0.1) is 0 Å². The van der Waals surface area contributed by atoms with Gasteiger partial charge in [-0.2, -0.15) is 0 Å². The van der Waals surface area contributed by atoms with Crippen LogP contribution in [0.4, 0.5) is 4.79 Å². The summed E-state index contributed by atoms with van der Waals surface area (Å²) in [5.41, 5.74) is 5.84. The summed E-state index contributed by atoms with van der Waals surface area (Å²) in [5, 5.41) is 25.4. The highest BCUT2D eigenvalue weighted by Gasteiger charge is 2.50. The lowest BCUT2D eigenvalue weighted by Crippen LogP contribution is -2.58. The Hall–Kier alpha value is -5.53. The lowest BCUT2D eigenvalue weighted by Gasteiger charge is -2.32. The van der Waals surface area contributed by atoms with E-state index in [-0.39, 0.29) is 43.0 Å². The molecule has 6 rings (SSSR count). The first-order valence-corrected chi connectivity index (χ1v) is 20.7. The molecule has 6 amide bonds. The lowest BCUT2D eigenvalue weighted by molar-refractivity contribution is -0.159. The number of aromatic nitrogens is 3. The molecule has 2 saturated heterocycles. The van der Waals surface area contributed by atoms with Crippen LogP contribution >= 0.6 is 0 Å². The summed E-state index contributed by atoms with van der Waals surface area (Å²) < 4.78 is 6.99. The van der Waals surface area contributed by atoms with Crippen LogP contribution < -0.4 is 38.2 Å². The first kappa shape index (κ1) is 44.0. The molecule has 0 spiro atoms. The second-order valence-corrected chi connectivity index (χ2v) is 17.4. The number of nitrogens with zero attached hydrogens (tertiary/aromatic N) is 3. The van der Waals surface area contributed by atoms with Crippen molar-refractivity contribution in [3.63, 3.8) is 0 Å². The number of carbonyl (C=O) groups excluding carboxylic acids is 5. The van der Waals surface area contributed by atoms with E-state index in [4.69, 9.17) is 10.5 Å². The number of hydrogen-bond donors (Lipinski definition) is 8. The number of aliphatic hydroxyl groups is 1. The van der Waals surface area contributed by atoms with Crippen LogP contribution in [-0.4, -0.2) is 115 Å². The highest BCUT2D eigenvalue weighted by atomic mass is 16.5. The number of hydrogen-bond acceptors (Lipinski definition) is 10. The van der Waals surface area contributed by atoms with Crippen LogP contribution in [0.3, 0.4) is 0 Å². The van der Waals surface area contributed by atoms with E-state index in [1.807, 2.05) is 51.2 Å². The maximum absolute atomic E-state index is 14.3. The summed E-state index contributed by atoms with van der Waals surface area (Å²) in [5.74, 6) is -2.16. The molecule has 60 heavy (non-hydrogen) atoms. The van der Waals surface area contributed by atoms with Crippen molar-refractivity contribution >= 4 is 40.6 Å². The zero-order chi connectivity index (χ0) is 43.3. The first-order valence-electron chi connectivity index (χ1n) is 20.7. The van der Waals surface area contributed by atoms with Crippen LogP contribution in [0.15, 0.2) is 52.3 Å². The number of amides is 6. The summed E-state index contributed by atoms with van der Waals surface area (Å²) in [6.07, 6.45) is 4.96. The minimum absolute atomic E-state index is 0.0197. The van der Waals surface area contributed by atoms with Gasteiger partial charge in [0.1, 0.15) is 24.2 Å². The fourth-order valence-electron chi connectivity index (χ4n) is 8.37. The van der Waals surface area contributed by atoms with Crippen LogP contribution in [0.2, 0.25) is 0 Å². The van der Waals surface area contributed by atoms with Crippen LogP contribution in [0.1, 0.15) is 84.4 Å². The number of H-pyrrole nitrogens is 2. The second-order valence-electron chi connectivity index (χ2n) is 17.4.